The first kappa shape index (κ1) is 20.1. The van der Waals surface area contributed by atoms with Crippen molar-refractivity contribution in [1.82, 2.24) is 9.72 Å². The predicted octanol–water partition coefficient (Wildman–Crippen LogP) is 4.53. The summed E-state index contributed by atoms with van der Waals surface area (Å²) in [4.78, 5) is 25.4. The molecule has 162 valence electrons. The van der Waals surface area contributed by atoms with E-state index in [2.05, 4.69) is 61.3 Å². The van der Waals surface area contributed by atoms with E-state index >= 15 is 0 Å². The maximum atomic E-state index is 11.9. The van der Waals surface area contributed by atoms with Gasteiger partial charge in [-0.2, -0.15) is 0 Å². The number of hydrogen-bond donors (Lipinski definition) is 1. The Morgan fingerprint density at radius 1 is 1.03 bits per heavy atom. The highest BCUT2D eigenvalue weighted by Gasteiger charge is 2.27. The molecule has 0 bridgehead atoms. The van der Waals surface area contributed by atoms with E-state index in [0.717, 1.165) is 33.6 Å². The molecule has 1 unspecified atom stereocenters. The van der Waals surface area contributed by atoms with Crippen molar-refractivity contribution in [2.75, 3.05) is 0 Å². The fourth-order valence-electron chi connectivity index (χ4n) is 4.66. The van der Waals surface area contributed by atoms with Crippen molar-refractivity contribution in [3.8, 4) is 16.9 Å². The molecule has 1 aliphatic carbocycles. The molecule has 0 amide bonds. The van der Waals surface area contributed by atoms with E-state index in [4.69, 9.17) is 9.26 Å². The van der Waals surface area contributed by atoms with Gasteiger partial charge in [-0.25, -0.2) is 14.6 Å². The SMILES string of the molecule is Cc1cccc(C)c1-c1cccc(COc2ccc3c(c2)CCC3n2oc(=O)[nH]c2=O)c1. The van der Waals surface area contributed by atoms with Gasteiger partial charge in [0.1, 0.15) is 12.4 Å². The number of nitrogens with one attached hydrogen (secondary N) is 1. The number of rotatable bonds is 5. The van der Waals surface area contributed by atoms with Crippen LogP contribution in [0.3, 0.4) is 0 Å². The third-order valence-electron chi connectivity index (χ3n) is 6.14. The molecule has 3 aromatic carbocycles. The van der Waals surface area contributed by atoms with Crippen molar-refractivity contribution in [2.45, 2.75) is 39.3 Å². The third-order valence-corrected chi connectivity index (χ3v) is 6.14. The molecule has 5 rings (SSSR count). The molecular formula is C26H24N2O4. The highest BCUT2D eigenvalue weighted by molar-refractivity contribution is 5.71. The highest BCUT2D eigenvalue weighted by atomic mass is 16.5. The summed E-state index contributed by atoms with van der Waals surface area (Å²) in [6.07, 6.45) is 1.50. The molecule has 0 radical (unpaired) electrons. The van der Waals surface area contributed by atoms with E-state index in [1.165, 1.54) is 22.3 Å². The topological polar surface area (TPSA) is 77.2 Å². The van der Waals surface area contributed by atoms with E-state index in [1.54, 1.807) is 0 Å². The smallest absolute Gasteiger partial charge is 0.440 e. The van der Waals surface area contributed by atoms with E-state index in [1.807, 2.05) is 18.2 Å². The Kier molecular flexibility index (Phi) is 5.05. The first-order chi connectivity index (χ1) is 15.5. The normalized spacial score (nSPS) is 15.0. The van der Waals surface area contributed by atoms with Gasteiger partial charge in [0.25, 0.3) is 0 Å². The molecule has 1 aliphatic rings. The van der Waals surface area contributed by atoms with Crippen molar-refractivity contribution < 1.29 is 9.26 Å². The summed E-state index contributed by atoms with van der Waals surface area (Å²) in [6, 6.07) is 20.4. The lowest BCUT2D eigenvalue weighted by Gasteiger charge is -2.13. The van der Waals surface area contributed by atoms with Gasteiger partial charge in [-0.15, -0.1) is 4.74 Å². The molecule has 0 aliphatic heterocycles. The number of ether oxygens (including phenoxy) is 1. The minimum atomic E-state index is -0.730. The first-order valence-corrected chi connectivity index (χ1v) is 10.7. The van der Waals surface area contributed by atoms with Gasteiger partial charge in [-0.1, -0.05) is 42.5 Å². The Morgan fingerprint density at radius 3 is 2.56 bits per heavy atom. The van der Waals surface area contributed by atoms with Crippen LogP contribution in [-0.2, 0) is 13.0 Å². The fourth-order valence-corrected chi connectivity index (χ4v) is 4.66. The predicted molar refractivity (Wildman–Crippen MR) is 122 cm³/mol. The Balaban J connectivity index is 1.34. The van der Waals surface area contributed by atoms with Crippen molar-refractivity contribution in [3.05, 3.63) is 110 Å². The van der Waals surface area contributed by atoms with Crippen LogP contribution in [0.2, 0.25) is 0 Å². The Labute approximate surface area is 185 Å². The molecule has 0 saturated heterocycles. The quantitative estimate of drug-likeness (QED) is 0.507. The molecule has 1 N–H and O–H groups in total. The van der Waals surface area contributed by atoms with Gasteiger partial charge in [0.2, 0.25) is 0 Å². The van der Waals surface area contributed by atoms with Gasteiger partial charge in [0.05, 0.1) is 6.04 Å². The minimum absolute atomic E-state index is 0.264. The van der Waals surface area contributed by atoms with E-state index in [0.29, 0.717) is 13.0 Å². The molecule has 6 heteroatoms. The zero-order valence-corrected chi connectivity index (χ0v) is 18.1. The standard InChI is InChI=1S/C26H24N2O4/c1-16-5-3-6-17(2)24(16)20-8-4-7-18(13-20)15-31-21-10-11-22-19(14-21)9-12-23(22)28-25(29)27-26(30)32-28/h3-8,10-11,13-14,23H,9,12,15H2,1-2H3,(H,27,29,30). The molecule has 32 heavy (non-hydrogen) atoms. The van der Waals surface area contributed by atoms with E-state index < -0.39 is 11.4 Å². The monoisotopic (exact) mass is 428 g/mol. The molecule has 4 aromatic rings. The second-order valence-corrected chi connectivity index (χ2v) is 8.31. The number of H-pyrrole nitrogens is 1. The average molecular weight is 428 g/mol. The van der Waals surface area contributed by atoms with Crippen LogP contribution in [0.1, 0.15) is 40.3 Å². The summed E-state index contributed by atoms with van der Waals surface area (Å²) in [6.45, 7) is 4.74. The zero-order chi connectivity index (χ0) is 22.2. The molecule has 0 spiro atoms. The number of benzene rings is 3. The van der Waals surface area contributed by atoms with E-state index in [9.17, 15) is 9.59 Å². The summed E-state index contributed by atoms with van der Waals surface area (Å²) in [5.41, 5.74) is 7.65. The largest absolute Gasteiger partial charge is 0.489 e. The summed E-state index contributed by atoms with van der Waals surface area (Å²) in [7, 11) is 0. The molecule has 6 nitrogen and oxygen atoms in total. The van der Waals surface area contributed by atoms with Crippen molar-refractivity contribution in [1.29, 1.82) is 0 Å². The average Bonchev–Trinajstić information content (AvgIpc) is 3.34. The van der Waals surface area contributed by atoms with Gasteiger partial charge < -0.3 is 9.26 Å². The lowest BCUT2D eigenvalue weighted by Crippen LogP contribution is -2.21. The number of aromatic amines is 1. The summed E-state index contributed by atoms with van der Waals surface area (Å²) in [5.74, 6) is 0.0521. The van der Waals surface area contributed by atoms with Crippen LogP contribution >= 0.6 is 0 Å². The van der Waals surface area contributed by atoms with Gasteiger partial charge in [0.15, 0.2) is 0 Å². The van der Waals surface area contributed by atoms with Crippen LogP contribution in [0.5, 0.6) is 5.75 Å². The van der Waals surface area contributed by atoms with Crippen LogP contribution in [0.4, 0.5) is 0 Å². The molecule has 1 heterocycles. The molecule has 0 saturated carbocycles. The van der Waals surface area contributed by atoms with Crippen LogP contribution in [-0.4, -0.2) is 9.72 Å². The summed E-state index contributed by atoms with van der Waals surface area (Å²) < 4.78 is 12.2. The van der Waals surface area contributed by atoms with Crippen molar-refractivity contribution >= 4 is 0 Å². The number of aryl methyl sites for hydroxylation is 3. The van der Waals surface area contributed by atoms with Crippen LogP contribution in [0.25, 0.3) is 11.1 Å². The lowest BCUT2D eigenvalue weighted by molar-refractivity contribution is 0.217. The zero-order valence-electron chi connectivity index (χ0n) is 18.1. The minimum Gasteiger partial charge on any atom is -0.489 e. The van der Waals surface area contributed by atoms with E-state index in [-0.39, 0.29) is 6.04 Å². The van der Waals surface area contributed by atoms with Gasteiger partial charge >= 0.3 is 11.4 Å². The second kappa shape index (κ2) is 8.04. The number of nitrogens with zero attached hydrogens (tertiary/aromatic N) is 1. The Bertz CT molecular complexity index is 1390. The van der Waals surface area contributed by atoms with Crippen LogP contribution in [0, 0.1) is 13.8 Å². The maximum Gasteiger partial charge on any atom is 0.440 e. The van der Waals surface area contributed by atoms with Crippen LogP contribution < -0.4 is 16.2 Å². The van der Waals surface area contributed by atoms with Gasteiger partial charge in [0, 0.05) is 0 Å². The number of hydrogen-bond acceptors (Lipinski definition) is 4. The fraction of sp³-hybridized carbons (Fsp3) is 0.231. The van der Waals surface area contributed by atoms with Crippen LogP contribution in [0.15, 0.2) is 74.8 Å². The summed E-state index contributed by atoms with van der Waals surface area (Å²) >= 11 is 0. The Morgan fingerprint density at radius 2 is 1.81 bits per heavy atom. The van der Waals surface area contributed by atoms with Crippen molar-refractivity contribution in [2.24, 2.45) is 0 Å². The van der Waals surface area contributed by atoms with Gasteiger partial charge in [-0.05, 0) is 83.8 Å². The highest BCUT2D eigenvalue weighted by Crippen LogP contribution is 2.35. The maximum absolute atomic E-state index is 11.9. The molecule has 0 fully saturated rings. The Hall–Kier alpha value is -3.80. The molecular weight excluding hydrogens is 404 g/mol. The molecule has 1 aromatic heterocycles. The summed E-state index contributed by atoms with van der Waals surface area (Å²) in [5, 5.41) is 0. The lowest BCUT2D eigenvalue weighted by atomic mass is 9.95. The van der Waals surface area contributed by atoms with Crippen molar-refractivity contribution in [3.63, 3.8) is 0 Å². The first-order valence-electron chi connectivity index (χ1n) is 10.7. The molecule has 1 atom stereocenters. The second-order valence-electron chi connectivity index (χ2n) is 8.31. The number of aromatic nitrogens is 2. The number of fused-ring (bicyclic) bond motifs is 1. The van der Waals surface area contributed by atoms with Gasteiger partial charge in [-0.3, -0.25) is 0 Å². The third kappa shape index (κ3) is 3.68.